The third-order valence-corrected chi connectivity index (χ3v) is 2.16. The van der Waals surface area contributed by atoms with Crippen LogP contribution < -0.4 is 5.73 Å². The number of rotatable bonds is 1. The maximum Gasteiger partial charge on any atom is 0.0769 e. The molecule has 0 aromatic carbocycles. The van der Waals surface area contributed by atoms with Crippen molar-refractivity contribution in [2.24, 2.45) is 5.92 Å². The molecule has 0 unspecified atom stereocenters. The van der Waals surface area contributed by atoms with E-state index in [4.69, 9.17) is 0 Å². The minimum Gasteiger partial charge on any atom is -0.393 e. The highest BCUT2D eigenvalue weighted by atomic mass is 16.3. The van der Waals surface area contributed by atoms with Gasteiger partial charge < -0.3 is 10.8 Å². The first-order valence-electron chi connectivity index (χ1n) is 3.80. The van der Waals surface area contributed by atoms with E-state index in [0.717, 1.165) is 19.4 Å². The first-order valence-corrected chi connectivity index (χ1v) is 3.80. The van der Waals surface area contributed by atoms with Gasteiger partial charge in [-0.25, -0.2) is 0 Å². The molecule has 1 fully saturated rings. The van der Waals surface area contributed by atoms with Crippen LogP contribution in [-0.4, -0.2) is 17.8 Å². The van der Waals surface area contributed by atoms with Crippen molar-refractivity contribution in [3.8, 4) is 0 Å². The van der Waals surface area contributed by atoms with Crippen LogP contribution in [-0.2, 0) is 0 Å². The Balaban J connectivity index is 2.23. The molecule has 0 amide bonds. The third kappa shape index (κ3) is 1.95. The van der Waals surface area contributed by atoms with Crippen molar-refractivity contribution < 1.29 is 10.8 Å². The molecular formula is C7H16NO+. The lowest BCUT2D eigenvalue weighted by atomic mass is 9.87. The summed E-state index contributed by atoms with van der Waals surface area (Å²) in [6, 6.07) is 0. The lowest BCUT2D eigenvalue weighted by Gasteiger charge is -2.22. The molecular weight excluding hydrogens is 114 g/mol. The molecule has 0 heterocycles. The largest absolute Gasteiger partial charge is 0.393 e. The van der Waals surface area contributed by atoms with Gasteiger partial charge in [0, 0.05) is 5.92 Å². The Morgan fingerprint density at radius 3 is 2.67 bits per heavy atom. The average molecular weight is 130 g/mol. The van der Waals surface area contributed by atoms with Crippen LogP contribution in [0.15, 0.2) is 0 Å². The zero-order valence-electron chi connectivity index (χ0n) is 5.84. The van der Waals surface area contributed by atoms with Crippen LogP contribution in [0.4, 0.5) is 0 Å². The summed E-state index contributed by atoms with van der Waals surface area (Å²) >= 11 is 0. The molecule has 0 aliphatic heterocycles. The average Bonchev–Trinajstić information content (AvgIpc) is 1.88. The van der Waals surface area contributed by atoms with Crippen LogP contribution >= 0.6 is 0 Å². The van der Waals surface area contributed by atoms with Gasteiger partial charge in [0.2, 0.25) is 0 Å². The van der Waals surface area contributed by atoms with Crippen LogP contribution in [0.25, 0.3) is 0 Å². The smallest absolute Gasteiger partial charge is 0.0769 e. The second kappa shape index (κ2) is 3.18. The van der Waals surface area contributed by atoms with Gasteiger partial charge in [0.25, 0.3) is 0 Å². The van der Waals surface area contributed by atoms with Crippen molar-refractivity contribution in [3.05, 3.63) is 0 Å². The summed E-state index contributed by atoms with van der Waals surface area (Å²) in [5.74, 6) is 0.703. The lowest BCUT2D eigenvalue weighted by molar-refractivity contribution is -0.381. The zero-order valence-corrected chi connectivity index (χ0v) is 5.84. The van der Waals surface area contributed by atoms with Gasteiger partial charge in [0.1, 0.15) is 0 Å². The van der Waals surface area contributed by atoms with Gasteiger partial charge in [-0.15, -0.1) is 0 Å². The van der Waals surface area contributed by atoms with E-state index in [2.05, 4.69) is 5.73 Å². The number of hydrogen-bond donors (Lipinski definition) is 2. The molecule has 0 aromatic rings. The van der Waals surface area contributed by atoms with Crippen LogP contribution in [0.3, 0.4) is 0 Å². The van der Waals surface area contributed by atoms with E-state index >= 15 is 0 Å². The number of quaternary nitrogens is 1. The van der Waals surface area contributed by atoms with Crippen molar-refractivity contribution in [2.45, 2.75) is 31.8 Å². The maximum atomic E-state index is 9.18. The molecule has 0 aromatic heterocycles. The van der Waals surface area contributed by atoms with E-state index in [1.165, 1.54) is 12.8 Å². The molecule has 9 heavy (non-hydrogen) atoms. The van der Waals surface area contributed by atoms with Gasteiger partial charge >= 0.3 is 0 Å². The van der Waals surface area contributed by atoms with E-state index < -0.39 is 0 Å². The molecule has 0 spiro atoms. The molecule has 1 rings (SSSR count). The van der Waals surface area contributed by atoms with Gasteiger partial charge in [-0.05, 0) is 19.3 Å². The van der Waals surface area contributed by atoms with Crippen LogP contribution in [0.1, 0.15) is 25.7 Å². The van der Waals surface area contributed by atoms with Crippen LogP contribution in [0.2, 0.25) is 0 Å². The first-order chi connectivity index (χ1) is 4.33. The van der Waals surface area contributed by atoms with Crippen molar-refractivity contribution in [2.75, 3.05) is 6.54 Å². The molecule has 0 bridgehead atoms. The quantitative estimate of drug-likeness (QED) is 0.506. The number of hydrogen-bond acceptors (Lipinski definition) is 1. The topological polar surface area (TPSA) is 47.9 Å². The van der Waals surface area contributed by atoms with Gasteiger partial charge in [-0.2, -0.15) is 0 Å². The zero-order chi connectivity index (χ0) is 6.69. The van der Waals surface area contributed by atoms with Gasteiger partial charge in [0.15, 0.2) is 0 Å². The molecule has 4 N–H and O–H groups in total. The normalized spacial score (nSPS) is 36.7. The van der Waals surface area contributed by atoms with E-state index in [9.17, 15) is 5.11 Å². The Bertz CT molecular complexity index is 85.0. The van der Waals surface area contributed by atoms with E-state index in [1.54, 1.807) is 0 Å². The van der Waals surface area contributed by atoms with E-state index in [0.29, 0.717) is 5.92 Å². The van der Waals surface area contributed by atoms with Crippen molar-refractivity contribution >= 4 is 0 Å². The molecule has 1 saturated carbocycles. The van der Waals surface area contributed by atoms with Crippen LogP contribution in [0.5, 0.6) is 0 Å². The molecule has 2 nitrogen and oxygen atoms in total. The SMILES string of the molecule is [NH3+]C[C@H]1CCC[C@H](O)C1. The van der Waals surface area contributed by atoms with Crippen molar-refractivity contribution in [3.63, 3.8) is 0 Å². The Morgan fingerprint density at radius 1 is 1.44 bits per heavy atom. The number of aliphatic hydroxyl groups excluding tert-OH is 1. The van der Waals surface area contributed by atoms with E-state index in [1.807, 2.05) is 0 Å². The Morgan fingerprint density at radius 2 is 2.22 bits per heavy atom. The van der Waals surface area contributed by atoms with Crippen LogP contribution in [0, 0.1) is 5.92 Å². The highest BCUT2D eigenvalue weighted by molar-refractivity contribution is 4.70. The van der Waals surface area contributed by atoms with Crippen molar-refractivity contribution in [1.82, 2.24) is 0 Å². The minimum atomic E-state index is -0.0227. The standard InChI is InChI=1S/C7H15NO/c8-5-6-2-1-3-7(9)4-6/h6-7,9H,1-5,8H2/p+1/t6-,7-/m0/s1. The maximum absolute atomic E-state index is 9.18. The highest BCUT2D eigenvalue weighted by Crippen LogP contribution is 2.22. The van der Waals surface area contributed by atoms with Gasteiger partial charge in [-0.3, -0.25) is 0 Å². The predicted molar refractivity (Wildman–Crippen MR) is 35.7 cm³/mol. The summed E-state index contributed by atoms with van der Waals surface area (Å²) < 4.78 is 0. The fraction of sp³-hybridized carbons (Fsp3) is 1.00. The molecule has 1 aliphatic carbocycles. The molecule has 2 heteroatoms. The summed E-state index contributed by atoms with van der Waals surface area (Å²) in [6.07, 6.45) is 4.45. The predicted octanol–water partition coefficient (Wildman–Crippen LogP) is -0.221. The van der Waals surface area contributed by atoms with Crippen molar-refractivity contribution in [1.29, 1.82) is 0 Å². The van der Waals surface area contributed by atoms with Gasteiger partial charge in [-0.1, -0.05) is 6.42 Å². The van der Waals surface area contributed by atoms with E-state index in [-0.39, 0.29) is 6.10 Å². The molecule has 0 radical (unpaired) electrons. The van der Waals surface area contributed by atoms with Gasteiger partial charge in [0.05, 0.1) is 12.6 Å². The Hall–Kier alpha value is -0.0800. The second-order valence-corrected chi connectivity index (χ2v) is 2.98. The fourth-order valence-electron chi connectivity index (χ4n) is 1.52. The monoisotopic (exact) mass is 130 g/mol. The molecule has 54 valence electrons. The first kappa shape index (κ1) is 7.03. The second-order valence-electron chi connectivity index (χ2n) is 2.98. The summed E-state index contributed by atoms with van der Waals surface area (Å²) in [7, 11) is 0. The fourth-order valence-corrected chi connectivity index (χ4v) is 1.52. The third-order valence-electron chi connectivity index (χ3n) is 2.16. The summed E-state index contributed by atoms with van der Waals surface area (Å²) in [5.41, 5.74) is 3.83. The Labute approximate surface area is 56.1 Å². The number of aliphatic hydroxyl groups is 1. The molecule has 0 saturated heterocycles. The summed E-state index contributed by atoms with van der Waals surface area (Å²) in [6.45, 7) is 0.997. The lowest BCUT2D eigenvalue weighted by Crippen LogP contribution is -2.54. The molecule has 1 aliphatic rings. The minimum absolute atomic E-state index is 0.0227. The summed E-state index contributed by atoms with van der Waals surface area (Å²) in [5, 5.41) is 9.18. The Kier molecular flexibility index (Phi) is 2.49. The summed E-state index contributed by atoms with van der Waals surface area (Å²) in [4.78, 5) is 0. The molecule has 2 atom stereocenters. The highest BCUT2D eigenvalue weighted by Gasteiger charge is 2.19.